The Labute approximate surface area is 110 Å². The first kappa shape index (κ1) is 23.5. The minimum absolute atomic E-state index is 0. The zero-order chi connectivity index (χ0) is 10.4. The number of carbonyl (C=O) groups excluding carboxylic acids is 1. The van der Waals surface area contributed by atoms with Crippen molar-refractivity contribution < 1.29 is 37.5 Å². The van der Waals surface area contributed by atoms with Crippen molar-refractivity contribution in [3.63, 3.8) is 0 Å². The predicted molar refractivity (Wildman–Crippen MR) is 56.8 cm³/mol. The first-order valence-electron chi connectivity index (χ1n) is 4.87. The van der Waals surface area contributed by atoms with E-state index in [9.17, 15) is 4.79 Å². The molecule has 0 bridgehead atoms. The third kappa shape index (κ3) is 32.3. The van der Waals surface area contributed by atoms with Gasteiger partial charge in [0.15, 0.2) is 0 Å². The van der Waals surface area contributed by atoms with Gasteiger partial charge in [-0.15, -0.1) is 6.42 Å². The van der Waals surface area contributed by atoms with E-state index < -0.39 is 0 Å². The fourth-order valence-corrected chi connectivity index (χ4v) is 0.543. The molecule has 0 fully saturated rings. The quantitative estimate of drug-likeness (QED) is 0.557. The number of hydrogen-bond acceptors (Lipinski definition) is 1. The van der Waals surface area contributed by atoms with Gasteiger partial charge < -0.3 is 18.6 Å². The first-order chi connectivity index (χ1) is 5.81. The van der Waals surface area contributed by atoms with Crippen LogP contribution in [0.4, 0.5) is 0 Å². The van der Waals surface area contributed by atoms with E-state index in [1.807, 2.05) is 27.7 Å². The summed E-state index contributed by atoms with van der Waals surface area (Å²) in [5.74, 6) is 0.282. The van der Waals surface area contributed by atoms with Crippen LogP contribution in [0, 0.1) is 19.8 Å². The van der Waals surface area contributed by atoms with E-state index in [2.05, 4.69) is 13.8 Å². The summed E-state index contributed by atoms with van der Waals surface area (Å²) in [5.41, 5.74) is 0. The Hall–Kier alpha value is 0.774. The second-order valence-electron chi connectivity index (χ2n) is 1.91. The van der Waals surface area contributed by atoms with Crippen LogP contribution >= 0.6 is 0 Å². The van der Waals surface area contributed by atoms with Gasteiger partial charge in [0, 0.05) is 32.7 Å². The Kier molecular flexibility index (Phi) is 53.0. The molecule has 0 rings (SSSR count). The molecule has 0 aromatic carbocycles. The van der Waals surface area contributed by atoms with Gasteiger partial charge in [-0.25, -0.2) is 0 Å². The molecule has 2 heteroatoms. The molecule has 0 aromatic heterocycles. The van der Waals surface area contributed by atoms with E-state index in [-0.39, 0.29) is 38.6 Å². The molecule has 0 spiro atoms. The van der Waals surface area contributed by atoms with Gasteiger partial charge in [-0.3, -0.25) is 0 Å². The zero-order valence-corrected chi connectivity index (χ0v) is 12.5. The third-order valence-electron chi connectivity index (χ3n) is 1.04. The zero-order valence-electron chi connectivity index (χ0n) is 9.68. The smallest absolute Gasteiger partial charge is 0.117 e. The molecule has 1 unspecified atom stereocenters. The summed E-state index contributed by atoms with van der Waals surface area (Å²) in [6.07, 6.45) is 3.32. The largest absolute Gasteiger partial charge is 0.343 e. The van der Waals surface area contributed by atoms with Gasteiger partial charge in [-0.05, 0) is 6.42 Å². The van der Waals surface area contributed by atoms with Crippen molar-refractivity contribution in [3.05, 3.63) is 13.8 Å². The van der Waals surface area contributed by atoms with Crippen LogP contribution in [-0.2, 0) is 37.5 Å². The minimum atomic E-state index is 0. The average molecular weight is 261 g/mol. The number of rotatable bonds is 4. The van der Waals surface area contributed by atoms with Gasteiger partial charge in [-0.1, -0.05) is 27.7 Å². The summed E-state index contributed by atoms with van der Waals surface area (Å²) in [7, 11) is 0. The molecule has 0 saturated heterocycles. The molecular formula is C11H24OY-2. The van der Waals surface area contributed by atoms with E-state index in [0.717, 1.165) is 19.1 Å². The molecule has 1 radical (unpaired) electrons. The van der Waals surface area contributed by atoms with Crippen molar-refractivity contribution in [3.8, 4) is 0 Å². The molecule has 0 saturated carbocycles. The minimum Gasteiger partial charge on any atom is -0.343 e. The van der Waals surface area contributed by atoms with Crippen LogP contribution in [-0.4, -0.2) is 6.29 Å². The fraction of sp³-hybridized carbons (Fsp3) is 0.727. The van der Waals surface area contributed by atoms with Crippen molar-refractivity contribution in [1.29, 1.82) is 0 Å². The van der Waals surface area contributed by atoms with E-state index in [1.165, 1.54) is 0 Å². The summed E-state index contributed by atoms with van der Waals surface area (Å²) >= 11 is 0. The third-order valence-corrected chi connectivity index (χ3v) is 1.04. The maximum atomic E-state index is 9.83. The van der Waals surface area contributed by atoms with E-state index >= 15 is 0 Å². The van der Waals surface area contributed by atoms with Crippen molar-refractivity contribution in [2.45, 2.75) is 47.0 Å². The molecule has 0 aliphatic carbocycles. The first-order valence-corrected chi connectivity index (χ1v) is 4.87. The molecule has 13 heavy (non-hydrogen) atoms. The fourth-order valence-electron chi connectivity index (χ4n) is 0.543. The standard InChI is InChI=1S/C7H12O.2C2H6.Y/c1-3-4-7(2)5-6-8;2*1-2;/h6-7H,1-5H2;2*1-2H3;/q-2;;;. The maximum Gasteiger partial charge on any atom is 0.117 e. The van der Waals surface area contributed by atoms with Crippen molar-refractivity contribution in [1.82, 2.24) is 0 Å². The second-order valence-corrected chi connectivity index (χ2v) is 1.91. The predicted octanol–water partition coefficient (Wildman–Crippen LogP) is 3.69. The van der Waals surface area contributed by atoms with Gasteiger partial charge in [0.05, 0.1) is 0 Å². The van der Waals surface area contributed by atoms with Crippen LogP contribution < -0.4 is 0 Å². The van der Waals surface area contributed by atoms with Gasteiger partial charge in [0.25, 0.3) is 0 Å². The molecule has 0 aliphatic rings. The van der Waals surface area contributed by atoms with E-state index in [4.69, 9.17) is 0 Å². The van der Waals surface area contributed by atoms with Crippen molar-refractivity contribution in [2.24, 2.45) is 5.92 Å². The summed E-state index contributed by atoms with van der Waals surface area (Å²) in [6, 6.07) is 0. The Bertz CT molecular complexity index is 65.1. The molecule has 0 heterocycles. The number of carbonyl (C=O) groups is 1. The summed E-state index contributed by atoms with van der Waals surface area (Å²) in [4.78, 5) is 9.83. The maximum absolute atomic E-state index is 9.83. The van der Waals surface area contributed by atoms with Crippen LogP contribution in [0.25, 0.3) is 0 Å². The van der Waals surface area contributed by atoms with Gasteiger partial charge in [0.1, 0.15) is 6.29 Å². The topological polar surface area (TPSA) is 17.1 Å². The van der Waals surface area contributed by atoms with Crippen LogP contribution in [0.15, 0.2) is 0 Å². The molecule has 1 nitrogen and oxygen atoms in total. The number of hydrogen-bond donors (Lipinski definition) is 0. The van der Waals surface area contributed by atoms with E-state index in [0.29, 0.717) is 6.42 Å². The molecule has 0 N–H and O–H groups in total. The summed E-state index contributed by atoms with van der Waals surface area (Å²) in [6.45, 7) is 15.4. The van der Waals surface area contributed by atoms with Gasteiger partial charge in [-0.2, -0.15) is 12.3 Å². The second kappa shape index (κ2) is 29.3. The Morgan fingerprint density at radius 3 is 1.85 bits per heavy atom. The van der Waals surface area contributed by atoms with Crippen LogP contribution in [0.3, 0.4) is 0 Å². The Morgan fingerprint density at radius 1 is 1.23 bits per heavy atom. The van der Waals surface area contributed by atoms with Crippen LogP contribution in [0.2, 0.25) is 0 Å². The Morgan fingerprint density at radius 2 is 1.62 bits per heavy atom. The normalized spacial score (nSPS) is 9.08. The molecular weight excluding hydrogens is 237 g/mol. The molecule has 0 aliphatic heterocycles. The van der Waals surface area contributed by atoms with Crippen molar-refractivity contribution >= 4 is 6.29 Å². The van der Waals surface area contributed by atoms with E-state index in [1.54, 1.807) is 0 Å². The monoisotopic (exact) mass is 261 g/mol. The average Bonchev–Trinajstić information content (AvgIpc) is 2.12. The molecule has 79 valence electrons. The summed E-state index contributed by atoms with van der Waals surface area (Å²) in [5, 5.41) is 0. The van der Waals surface area contributed by atoms with Crippen LogP contribution in [0.5, 0.6) is 0 Å². The van der Waals surface area contributed by atoms with Crippen LogP contribution in [0.1, 0.15) is 47.0 Å². The van der Waals surface area contributed by atoms with Gasteiger partial charge >= 0.3 is 0 Å². The molecule has 0 amide bonds. The SMILES string of the molecule is CC.CC.[CH2-]CCC([CH2-])CC=O.[Y]. The Balaban J connectivity index is -0.0000000712. The number of aldehydes is 1. The molecule has 0 aromatic rings. The molecule has 1 atom stereocenters. The summed E-state index contributed by atoms with van der Waals surface area (Å²) < 4.78 is 0. The van der Waals surface area contributed by atoms with Gasteiger partial charge in [0.2, 0.25) is 0 Å². The van der Waals surface area contributed by atoms with Crippen molar-refractivity contribution in [2.75, 3.05) is 0 Å².